The standard InChI is InChI=1S/C13H23N3OS/c1-10(11(17)16(2)3)14-12-15-13(9-18-12)7-5-4-6-8-13/h10H,4-9H2,1-3H3,(H,14,15). The van der Waals surface area contributed by atoms with E-state index in [1.165, 1.54) is 32.1 Å². The lowest BCUT2D eigenvalue weighted by molar-refractivity contribution is -0.129. The van der Waals surface area contributed by atoms with Gasteiger partial charge in [0.2, 0.25) is 5.91 Å². The molecule has 1 amide bonds. The van der Waals surface area contributed by atoms with E-state index in [1.807, 2.05) is 6.92 Å². The molecule has 1 spiro atoms. The number of amidine groups is 1. The molecule has 2 aliphatic rings. The Morgan fingerprint density at radius 3 is 2.67 bits per heavy atom. The highest BCUT2D eigenvalue weighted by Crippen LogP contribution is 2.36. The van der Waals surface area contributed by atoms with Crippen LogP contribution < -0.4 is 5.32 Å². The van der Waals surface area contributed by atoms with Crippen molar-refractivity contribution in [2.75, 3.05) is 19.8 Å². The molecular weight excluding hydrogens is 246 g/mol. The van der Waals surface area contributed by atoms with E-state index in [-0.39, 0.29) is 17.5 Å². The Kier molecular flexibility index (Phi) is 4.20. The number of carbonyl (C=O) groups is 1. The number of amides is 1. The monoisotopic (exact) mass is 269 g/mol. The number of thioether (sulfide) groups is 1. The van der Waals surface area contributed by atoms with Crippen molar-refractivity contribution in [2.45, 2.75) is 50.6 Å². The molecule has 1 aliphatic heterocycles. The van der Waals surface area contributed by atoms with Crippen LogP contribution in [0.3, 0.4) is 0 Å². The summed E-state index contributed by atoms with van der Waals surface area (Å²) >= 11 is 1.77. The molecule has 18 heavy (non-hydrogen) atoms. The van der Waals surface area contributed by atoms with Crippen LogP contribution in [0.15, 0.2) is 4.99 Å². The van der Waals surface area contributed by atoms with Crippen LogP contribution in [0.5, 0.6) is 0 Å². The average molecular weight is 269 g/mol. The molecule has 5 heteroatoms. The average Bonchev–Trinajstić information content (AvgIpc) is 2.71. The van der Waals surface area contributed by atoms with Gasteiger partial charge in [-0.05, 0) is 19.8 Å². The molecule has 0 bridgehead atoms. The molecular formula is C13H23N3OS. The van der Waals surface area contributed by atoms with Crippen molar-refractivity contribution >= 4 is 22.8 Å². The zero-order valence-corrected chi connectivity index (χ0v) is 12.3. The molecule has 2 fully saturated rings. The third-order valence-corrected chi connectivity index (χ3v) is 4.95. The quantitative estimate of drug-likeness (QED) is 0.832. The summed E-state index contributed by atoms with van der Waals surface area (Å²) in [5.41, 5.74) is 0.267. The zero-order valence-electron chi connectivity index (χ0n) is 11.5. The smallest absolute Gasteiger partial charge is 0.246 e. The van der Waals surface area contributed by atoms with E-state index in [0.29, 0.717) is 0 Å². The second-order valence-electron chi connectivity index (χ2n) is 5.60. The van der Waals surface area contributed by atoms with E-state index in [0.717, 1.165) is 10.9 Å². The molecule has 1 N–H and O–H groups in total. The highest BCUT2D eigenvalue weighted by atomic mass is 32.2. The first-order chi connectivity index (χ1) is 8.52. The van der Waals surface area contributed by atoms with Gasteiger partial charge in [-0.15, -0.1) is 0 Å². The molecule has 4 nitrogen and oxygen atoms in total. The topological polar surface area (TPSA) is 44.7 Å². The number of hydrogen-bond donors (Lipinski definition) is 1. The van der Waals surface area contributed by atoms with Crippen molar-refractivity contribution in [1.82, 2.24) is 10.2 Å². The Hall–Kier alpha value is -0.710. The summed E-state index contributed by atoms with van der Waals surface area (Å²) in [6.45, 7) is 1.86. The van der Waals surface area contributed by atoms with Crippen LogP contribution in [0.4, 0.5) is 0 Å². The second kappa shape index (κ2) is 5.51. The van der Waals surface area contributed by atoms with Crippen molar-refractivity contribution in [3.05, 3.63) is 0 Å². The van der Waals surface area contributed by atoms with Crippen LogP contribution in [-0.2, 0) is 4.79 Å². The highest BCUT2D eigenvalue weighted by Gasteiger charge is 2.38. The maximum atomic E-state index is 11.8. The number of hydrogen-bond acceptors (Lipinski definition) is 3. The van der Waals surface area contributed by atoms with Gasteiger partial charge < -0.3 is 10.2 Å². The van der Waals surface area contributed by atoms with Crippen molar-refractivity contribution in [3.63, 3.8) is 0 Å². The normalized spacial score (nSPS) is 26.1. The van der Waals surface area contributed by atoms with Gasteiger partial charge in [-0.25, -0.2) is 4.99 Å². The minimum atomic E-state index is -0.284. The molecule has 1 heterocycles. The van der Waals surface area contributed by atoms with Crippen LogP contribution in [0.2, 0.25) is 0 Å². The largest absolute Gasteiger partial charge is 0.359 e. The first kappa shape index (κ1) is 13.7. The molecule has 1 saturated heterocycles. The summed E-state index contributed by atoms with van der Waals surface area (Å²) < 4.78 is 0. The van der Waals surface area contributed by atoms with Crippen LogP contribution in [0, 0.1) is 0 Å². The van der Waals surface area contributed by atoms with E-state index in [9.17, 15) is 4.79 Å². The first-order valence-corrected chi connectivity index (χ1v) is 7.71. The van der Waals surface area contributed by atoms with Crippen molar-refractivity contribution < 1.29 is 4.79 Å². The van der Waals surface area contributed by atoms with Crippen LogP contribution in [0.1, 0.15) is 39.0 Å². The fraction of sp³-hybridized carbons (Fsp3) is 0.846. The van der Waals surface area contributed by atoms with Gasteiger partial charge in [0.05, 0.1) is 0 Å². The number of aliphatic imine (C=N–C) groups is 1. The molecule has 1 unspecified atom stereocenters. The number of rotatable bonds is 2. The molecule has 102 valence electrons. The van der Waals surface area contributed by atoms with Crippen molar-refractivity contribution in [2.24, 2.45) is 4.99 Å². The van der Waals surface area contributed by atoms with E-state index < -0.39 is 0 Å². The molecule has 2 rings (SSSR count). The van der Waals surface area contributed by atoms with E-state index in [1.54, 1.807) is 30.8 Å². The molecule has 1 atom stereocenters. The number of nitrogens with zero attached hydrogens (tertiary/aromatic N) is 2. The van der Waals surface area contributed by atoms with Gasteiger partial charge in [-0.2, -0.15) is 0 Å². The van der Waals surface area contributed by atoms with Crippen molar-refractivity contribution in [3.8, 4) is 0 Å². The fourth-order valence-electron chi connectivity index (χ4n) is 2.68. The third kappa shape index (κ3) is 2.99. The van der Waals surface area contributed by atoms with Crippen LogP contribution in [-0.4, -0.2) is 47.4 Å². The SMILES string of the molecule is CC(N=C1NC2(CCCCC2)CS1)C(=O)N(C)C. The summed E-state index contributed by atoms with van der Waals surface area (Å²) in [5, 5.41) is 4.53. The second-order valence-corrected chi connectivity index (χ2v) is 6.56. The van der Waals surface area contributed by atoms with Gasteiger partial charge in [0.25, 0.3) is 0 Å². The molecule has 0 radical (unpaired) electrons. The third-order valence-electron chi connectivity index (χ3n) is 3.78. The Balaban J connectivity index is 1.97. The summed E-state index contributed by atoms with van der Waals surface area (Å²) in [7, 11) is 3.55. The Morgan fingerprint density at radius 2 is 2.06 bits per heavy atom. The van der Waals surface area contributed by atoms with Crippen LogP contribution in [0.25, 0.3) is 0 Å². The summed E-state index contributed by atoms with van der Waals surface area (Å²) in [6.07, 6.45) is 6.47. The summed E-state index contributed by atoms with van der Waals surface area (Å²) in [5.74, 6) is 1.17. The van der Waals surface area contributed by atoms with Gasteiger partial charge in [-0.3, -0.25) is 4.79 Å². The zero-order chi connectivity index (χ0) is 13.2. The number of likely N-dealkylation sites (N-methyl/N-ethyl adjacent to an activating group) is 1. The maximum absolute atomic E-state index is 11.8. The lowest BCUT2D eigenvalue weighted by Crippen LogP contribution is -2.45. The summed E-state index contributed by atoms with van der Waals surface area (Å²) in [6, 6.07) is -0.284. The van der Waals surface area contributed by atoms with Gasteiger partial charge in [0.1, 0.15) is 6.04 Å². The molecule has 1 aliphatic carbocycles. The highest BCUT2D eigenvalue weighted by molar-refractivity contribution is 8.14. The fourth-order valence-corrected chi connectivity index (χ4v) is 3.97. The van der Waals surface area contributed by atoms with E-state index >= 15 is 0 Å². The Bertz CT molecular complexity index is 348. The first-order valence-electron chi connectivity index (χ1n) is 6.72. The van der Waals surface area contributed by atoms with Gasteiger partial charge in [-0.1, -0.05) is 31.0 Å². The maximum Gasteiger partial charge on any atom is 0.246 e. The van der Waals surface area contributed by atoms with Gasteiger partial charge in [0, 0.05) is 25.4 Å². The molecule has 0 aromatic rings. The lowest BCUT2D eigenvalue weighted by Gasteiger charge is -2.32. The molecule has 1 saturated carbocycles. The molecule has 0 aromatic carbocycles. The number of carbonyl (C=O) groups excluding carboxylic acids is 1. The molecule has 0 aromatic heterocycles. The lowest BCUT2D eigenvalue weighted by atomic mass is 9.83. The predicted molar refractivity (Wildman–Crippen MR) is 77.0 cm³/mol. The van der Waals surface area contributed by atoms with Gasteiger partial charge in [0.15, 0.2) is 5.17 Å². The van der Waals surface area contributed by atoms with Gasteiger partial charge >= 0.3 is 0 Å². The Labute approximate surface area is 114 Å². The van der Waals surface area contributed by atoms with E-state index in [2.05, 4.69) is 10.3 Å². The predicted octanol–water partition coefficient (Wildman–Crippen LogP) is 1.86. The number of nitrogens with one attached hydrogen (secondary N) is 1. The Morgan fingerprint density at radius 1 is 1.39 bits per heavy atom. The van der Waals surface area contributed by atoms with E-state index in [4.69, 9.17) is 0 Å². The minimum absolute atomic E-state index is 0.0643. The summed E-state index contributed by atoms with van der Waals surface area (Å²) in [4.78, 5) is 17.9. The minimum Gasteiger partial charge on any atom is -0.359 e. The van der Waals surface area contributed by atoms with Crippen molar-refractivity contribution in [1.29, 1.82) is 0 Å². The van der Waals surface area contributed by atoms with Crippen LogP contribution >= 0.6 is 11.8 Å².